The molecule has 1 aromatic carbocycles. The minimum atomic E-state index is 0. The Morgan fingerprint density at radius 1 is 1.21 bits per heavy atom. The number of nitrogens with one attached hydrogen (secondary N) is 3. The molecule has 1 saturated carbocycles. The zero-order chi connectivity index (χ0) is 19.0. The average Bonchev–Trinajstić information content (AvgIpc) is 3.33. The van der Waals surface area contributed by atoms with Crippen LogP contribution in [-0.4, -0.2) is 44.3 Å². The fourth-order valence-corrected chi connectivity index (χ4v) is 4.22. The molecule has 28 heavy (non-hydrogen) atoms. The van der Waals surface area contributed by atoms with E-state index in [1.807, 2.05) is 7.05 Å². The molecule has 1 aliphatic carbocycles. The van der Waals surface area contributed by atoms with Gasteiger partial charge in [0.05, 0.1) is 0 Å². The van der Waals surface area contributed by atoms with Gasteiger partial charge < -0.3 is 20.4 Å². The molecule has 0 bridgehead atoms. The summed E-state index contributed by atoms with van der Waals surface area (Å²) in [5.41, 5.74) is 2.91. The van der Waals surface area contributed by atoms with Crippen LogP contribution in [0.25, 0.3) is 10.9 Å². The van der Waals surface area contributed by atoms with E-state index in [1.54, 1.807) is 0 Å². The highest BCUT2D eigenvalue weighted by atomic mass is 127. The Balaban J connectivity index is 0.00000280. The van der Waals surface area contributed by atoms with E-state index in [4.69, 9.17) is 4.74 Å². The number of rotatable bonds is 9. The lowest BCUT2D eigenvalue weighted by molar-refractivity contribution is 0.105. The summed E-state index contributed by atoms with van der Waals surface area (Å²) >= 11 is 0. The Morgan fingerprint density at radius 2 is 2.00 bits per heavy atom. The molecule has 1 aliphatic rings. The lowest BCUT2D eigenvalue weighted by Crippen LogP contribution is -2.44. The van der Waals surface area contributed by atoms with Crippen molar-refractivity contribution >= 4 is 40.8 Å². The smallest absolute Gasteiger partial charge is 0.191 e. The maximum atomic E-state index is 5.62. The van der Waals surface area contributed by atoms with Crippen LogP contribution in [0.4, 0.5) is 0 Å². The predicted molar refractivity (Wildman–Crippen MR) is 129 cm³/mol. The summed E-state index contributed by atoms with van der Waals surface area (Å²) in [6.45, 7) is 5.59. The first-order valence-electron chi connectivity index (χ1n) is 10.3. The highest BCUT2D eigenvalue weighted by Gasteiger charge is 2.33. The van der Waals surface area contributed by atoms with Crippen molar-refractivity contribution in [2.75, 3.05) is 33.4 Å². The van der Waals surface area contributed by atoms with Gasteiger partial charge in [0.1, 0.15) is 0 Å². The van der Waals surface area contributed by atoms with Crippen molar-refractivity contribution in [3.63, 3.8) is 0 Å². The van der Waals surface area contributed by atoms with E-state index in [1.165, 1.54) is 42.1 Å². The molecule has 3 rings (SSSR count). The number of aliphatic imine (C=N–C) groups is 1. The summed E-state index contributed by atoms with van der Waals surface area (Å²) in [6.07, 6.45) is 9.48. The Labute approximate surface area is 186 Å². The summed E-state index contributed by atoms with van der Waals surface area (Å²) in [5, 5.41) is 8.35. The van der Waals surface area contributed by atoms with E-state index >= 15 is 0 Å². The normalized spacial score (nSPS) is 16.1. The molecule has 0 unspecified atom stereocenters. The highest BCUT2D eigenvalue weighted by Crippen LogP contribution is 2.40. The molecular formula is C22H35IN4O. The molecule has 1 heterocycles. The molecular weight excluding hydrogens is 463 g/mol. The maximum Gasteiger partial charge on any atom is 0.191 e. The molecule has 0 aliphatic heterocycles. The lowest BCUT2D eigenvalue weighted by atomic mass is 9.83. The van der Waals surface area contributed by atoms with E-state index in [9.17, 15) is 0 Å². The van der Waals surface area contributed by atoms with Crippen molar-refractivity contribution < 1.29 is 4.74 Å². The third-order valence-corrected chi connectivity index (χ3v) is 5.86. The van der Waals surface area contributed by atoms with Gasteiger partial charge >= 0.3 is 0 Å². The molecule has 0 spiro atoms. The number of guanidine groups is 1. The number of fused-ring (bicyclic) bond motifs is 1. The van der Waals surface area contributed by atoms with Crippen molar-refractivity contribution in [2.24, 2.45) is 10.4 Å². The number of halogens is 1. The van der Waals surface area contributed by atoms with Gasteiger partial charge in [0.15, 0.2) is 5.96 Å². The first-order chi connectivity index (χ1) is 13.3. The van der Waals surface area contributed by atoms with Gasteiger partial charge in [-0.25, -0.2) is 0 Å². The topological polar surface area (TPSA) is 61.4 Å². The maximum absolute atomic E-state index is 5.62. The number of benzene rings is 1. The SMILES string of the molecule is CCOCCC1(CNC(=NC)NCCc2c[nH]c3ccccc23)CCCC1.I. The molecule has 156 valence electrons. The summed E-state index contributed by atoms with van der Waals surface area (Å²) in [7, 11) is 1.85. The summed E-state index contributed by atoms with van der Waals surface area (Å²) in [5.74, 6) is 0.900. The van der Waals surface area contributed by atoms with Gasteiger partial charge in [0.25, 0.3) is 0 Å². The average molecular weight is 498 g/mol. The zero-order valence-corrected chi connectivity index (χ0v) is 19.6. The van der Waals surface area contributed by atoms with Crippen LogP contribution in [0.15, 0.2) is 35.5 Å². The quantitative estimate of drug-likeness (QED) is 0.207. The van der Waals surface area contributed by atoms with Crippen LogP contribution in [0.1, 0.15) is 44.6 Å². The largest absolute Gasteiger partial charge is 0.382 e. The van der Waals surface area contributed by atoms with Crippen molar-refractivity contribution in [1.82, 2.24) is 15.6 Å². The van der Waals surface area contributed by atoms with Gasteiger partial charge in [0.2, 0.25) is 0 Å². The zero-order valence-electron chi connectivity index (χ0n) is 17.2. The van der Waals surface area contributed by atoms with E-state index in [0.29, 0.717) is 5.41 Å². The van der Waals surface area contributed by atoms with Crippen LogP contribution in [0, 0.1) is 5.41 Å². The van der Waals surface area contributed by atoms with Gasteiger partial charge in [-0.1, -0.05) is 31.0 Å². The Bertz CT molecular complexity index is 737. The molecule has 6 heteroatoms. The molecule has 0 radical (unpaired) electrons. The Morgan fingerprint density at radius 3 is 2.75 bits per heavy atom. The number of H-pyrrole nitrogens is 1. The Hall–Kier alpha value is -1.28. The number of hydrogen-bond donors (Lipinski definition) is 3. The van der Waals surface area contributed by atoms with E-state index in [0.717, 1.165) is 45.1 Å². The second kappa shape index (κ2) is 11.7. The van der Waals surface area contributed by atoms with Crippen LogP contribution in [0.2, 0.25) is 0 Å². The summed E-state index contributed by atoms with van der Waals surface area (Å²) < 4.78 is 5.62. The van der Waals surface area contributed by atoms with E-state index in [-0.39, 0.29) is 24.0 Å². The van der Waals surface area contributed by atoms with Gasteiger partial charge in [0, 0.05) is 50.5 Å². The van der Waals surface area contributed by atoms with Crippen molar-refractivity contribution in [3.8, 4) is 0 Å². The van der Waals surface area contributed by atoms with Crippen molar-refractivity contribution in [2.45, 2.75) is 45.4 Å². The monoisotopic (exact) mass is 498 g/mol. The van der Waals surface area contributed by atoms with E-state index in [2.05, 4.69) is 58.0 Å². The van der Waals surface area contributed by atoms with Gasteiger partial charge in [-0.05, 0) is 49.7 Å². The minimum Gasteiger partial charge on any atom is -0.382 e. The predicted octanol–water partition coefficient (Wildman–Crippen LogP) is 4.48. The second-order valence-electron chi connectivity index (χ2n) is 7.62. The molecule has 0 atom stereocenters. The molecule has 2 aromatic rings. The van der Waals surface area contributed by atoms with Gasteiger partial charge in [-0.2, -0.15) is 0 Å². The van der Waals surface area contributed by atoms with E-state index < -0.39 is 0 Å². The third-order valence-electron chi connectivity index (χ3n) is 5.86. The van der Waals surface area contributed by atoms with Gasteiger partial charge in [-0.3, -0.25) is 4.99 Å². The van der Waals surface area contributed by atoms with Crippen LogP contribution in [-0.2, 0) is 11.2 Å². The molecule has 0 saturated heterocycles. The van der Waals surface area contributed by atoms with Crippen LogP contribution in [0.5, 0.6) is 0 Å². The van der Waals surface area contributed by atoms with Gasteiger partial charge in [-0.15, -0.1) is 24.0 Å². The lowest BCUT2D eigenvalue weighted by Gasteiger charge is -2.30. The Kier molecular flexibility index (Phi) is 9.58. The van der Waals surface area contributed by atoms with Crippen LogP contribution in [0.3, 0.4) is 0 Å². The fraction of sp³-hybridized carbons (Fsp3) is 0.591. The third kappa shape index (κ3) is 6.11. The van der Waals surface area contributed by atoms with Crippen molar-refractivity contribution in [1.29, 1.82) is 0 Å². The molecule has 1 aromatic heterocycles. The highest BCUT2D eigenvalue weighted by molar-refractivity contribution is 14.0. The summed E-state index contributed by atoms with van der Waals surface area (Å²) in [4.78, 5) is 7.76. The number of hydrogen-bond acceptors (Lipinski definition) is 2. The molecule has 0 amide bonds. The second-order valence-corrected chi connectivity index (χ2v) is 7.62. The minimum absolute atomic E-state index is 0. The number of aromatic nitrogens is 1. The van der Waals surface area contributed by atoms with Crippen molar-refractivity contribution in [3.05, 3.63) is 36.0 Å². The molecule has 5 nitrogen and oxygen atoms in total. The first-order valence-corrected chi connectivity index (χ1v) is 10.3. The number of nitrogens with zero attached hydrogens (tertiary/aromatic N) is 1. The van der Waals surface area contributed by atoms with Crippen LogP contribution >= 0.6 is 24.0 Å². The fourth-order valence-electron chi connectivity index (χ4n) is 4.22. The number of para-hydroxylation sites is 1. The van der Waals surface area contributed by atoms with Crippen LogP contribution < -0.4 is 10.6 Å². The number of ether oxygens (including phenoxy) is 1. The number of aromatic amines is 1. The molecule has 1 fully saturated rings. The standard InChI is InChI=1S/C22H34N4O.HI/c1-3-27-15-13-22(11-6-7-12-22)17-26-21(23-2)24-14-10-18-16-25-20-9-5-4-8-19(18)20;/h4-5,8-9,16,25H,3,6-7,10-15,17H2,1-2H3,(H2,23,24,26);1H. The summed E-state index contributed by atoms with van der Waals surface area (Å²) in [6, 6.07) is 8.46. The first kappa shape index (κ1) is 23.0. The molecule has 3 N–H and O–H groups in total.